The molecule has 2 aromatic carbocycles. The third-order valence-electron chi connectivity index (χ3n) is 5.00. The standard InChI is InChI=1S/C20H19FN2O3/c21-15-7-4-8-16-18(15)23-17(26-16)12-22-19(24)13-9-10-20(25,11-13)14-5-2-1-3-6-14/h1-8,13,25H,9-12H2,(H,22,24). The molecule has 134 valence electrons. The molecule has 1 aliphatic carbocycles. The van der Waals surface area contributed by atoms with Crippen molar-refractivity contribution < 1.29 is 18.7 Å². The second-order valence-electron chi connectivity index (χ2n) is 6.75. The number of aliphatic hydroxyl groups is 1. The van der Waals surface area contributed by atoms with Crippen molar-refractivity contribution in [2.75, 3.05) is 0 Å². The summed E-state index contributed by atoms with van der Waals surface area (Å²) in [4.78, 5) is 16.5. The van der Waals surface area contributed by atoms with Crippen molar-refractivity contribution in [2.24, 2.45) is 5.92 Å². The number of fused-ring (bicyclic) bond motifs is 1. The summed E-state index contributed by atoms with van der Waals surface area (Å²) in [5, 5.41) is 13.6. The first kappa shape index (κ1) is 16.7. The molecule has 3 aromatic rings. The van der Waals surface area contributed by atoms with Gasteiger partial charge in [-0.2, -0.15) is 0 Å². The van der Waals surface area contributed by atoms with E-state index in [9.17, 15) is 14.3 Å². The second kappa shape index (κ2) is 6.53. The normalized spacial score (nSPS) is 22.6. The first-order valence-electron chi connectivity index (χ1n) is 8.65. The predicted octanol–water partition coefficient (Wildman–Crippen LogP) is 3.27. The molecule has 1 aromatic heterocycles. The fourth-order valence-electron chi connectivity index (χ4n) is 3.60. The summed E-state index contributed by atoms with van der Waals surface area (Å²) in [5.41, 5.74) is 0.388. The Morgan fingerprint density at radius 1 is 1.27 bits per heavy atom. The Balaban J connectivity index is 1.40. The molecule has 0 saturated heterocycles. The number of aromatic nitrogens is 1. The number of benzene rings is 2. The number of rotatable bonds is 4. The minimum Gasteiger partial charge on any atom is -0.439 e. The van der Waals surface area contributed by atoms with Gasteiger partial charge in [-0.05, 0) is 37.0 Å². The maximum atomic E-state index is 13.7. The highest BCUT2D eigenvalue weighted by atomic mass is 19.1. The highest BCUT2D eigenvalue weighted by Gasteiger charge is 2.41. The van der Waals surface area contributed by atoms with E-state index in [-0.39, 0.29) is 29.8 Å². The van der Waals surface area contributed by atoms with Crippen LogP contribution in [0, 0.1) is 11.7 Å². The monoisotopic (exact) mass is 354 g/mol. The molecule has 1 saturated carbocycles. The van der Waals surface area contributed by atoms with Crippen molar-refractivity contribution in [1.29, 1.82) is 0 Å². The van der Waals surface area contributed by atoms with Gasteiger partial charge >= 0.3 is 0 Å². The summed E-state index contributed by atoms with van der Waals surface area (Å²) >= 11 is 0. The Morgan fingerprint density at radius 3 is 2.85 bits per heavy atom. The lowest BCUT2D eigenvalue weighted by molar-refractivity contribution is -0.125. The van der Waals surface area contributed by atoms with Crippen LogP contribution in [0.25, 0.3) is 11.1 Å². The van der Waals surface area contributed by atoms with E-state index in [1.165, 1.54) is 6.07 Å². The number of para-hydroxylation sites is 1. The Kier molecular flexibility index (Phi) is 4.20. The van der Waals surface area contributed by atoms with Crippen LogP contribution in [-0.2, 0) is 16.9 Å². The first-order valence-corrected chi connectivity index (χ1v) is 8.65. The van der Waals surface area contributed by atoms with E-state index in [2.05, 4.69) is 10.3 Å². The van der Waals surface area contributed by atoms with Crippen molar-refractivity contribution in [3.05, 3.63) is 65.8 Å². The van der Waals surface area contributed by atoms with Gasteiger partial charge in [-0.15, -0.1) is 0 Å². The van der Waals surface area contributed by atoms with Gasteiger partial charge in [0.15, 0.2) is 11.4 Å². The van der Waals surface area contributed by atoms with Gasteiger partial charge in [0.25, 0.3) is 0 Å². The molecule has 5 nitrogen and oxygen atoms in total. The molecule has 2 atom stereocenters. The van der Waals surface area contributed by atoms with Crippen molar-refractivity contribution in [3.63, 3.8) is 0 Å². The average molecular weight is 354 g/mol. The molecule has 6 heteroatoms. The molecule has 0 radical (unpaired) electrons. The molecule has 1 aliphatic rings. The predicted molar refractivity (Wildman–Crippen MR) is 93.5 cm³/mol. The number of nitrogens with zero attached hydrogens (tertiary/aromatic N) is 1. The molecule has 1 fully saturated rings. The van der Waals surface area contributed by atoms with E-state index in [1.54, 1.807) is 12.1 Å². The van der Waals surface area contributed by atoms with E-state index in [0.29, 0.717) is 24.8 Å². The molecule has 0 spiro atoms. The SMILES string of the molecule is O=C(NCc1nc2c(F)cccc2o1)C1CCC(O)(c2ccccc2)C1. The molecule has 2 unspecified atom stereocenters. The molecule has 2 N–H and O–H groups in total. The number of halogens is 1. The van der Waals surface area contributed by atoms with Gasteiger partial charge < -0.3 is 14.8 Å². The summed E-state index contributed by atoms with van der Waals surface area (Å²) in [5.74, 6) is -0.622. The van der Waals surface area contributed by atoms with E-state index in [0.717, 1.165) is 5.56 Å². The smallest absolute Gasteiger partial charge is 0.223 e. The molecule has 1 heterocycles. The number of hydrogen-bond acceptors (Lipinski definition) is 4. The van der Waals surface area contributed by atoms with Gasteiger partial charge in [0.2, 0.25) is 11.8 Å². The third kappa shape index (κ3) is 3.08. The van der Waals surface area contributed by atoms with Crippen LogP contribution in [0.15, 0.2) is 52.9 Å². The molecule has 4 rings (SSSR count). The van der Waals surface area contributed by atoms with Gasteiger partial charge in [0.1, 0.15) is 5.52 Å². The van der Waals surface area contributed by atoms with Crippen LogP contribution >= 0.6 is 0 Å². The van der Waals surface area contributed by atoms with Gasteiger partial charge in [-0.1, -0.05) is 36.4 Å². The van der Waals surface area contributed by atoms with Crippen molar-refractivity contribution in [1.82, 2.24) is 10.3 Å². The zero-order valence-electron chi connectivity index (χ0n) is 14.1. The average Bonchev–Trinajstić information content (AvgIpc) is 3.26. The largest absolute Gasteiger partial charge is 0.439 e. The minimum atomic E-state index is -0.968. The minimum absolute atomic E-state index is 0.0905. The number of nitrogens with one attached hydrogen (secondary N) is 1. The van der Waals surface area contributed by atoms with Crippen LogP contribution in [0.2, 0.25) is 0 Å². The van der Waals surface area contributed by atoms with Crippen molar-refractivity contribution in [2.45, 2.75) is 31.4 Å². The van der Waals surface area contributed by atoms with Gasteiger partial charge in [-0.25, -0.2) is 9.37 Å². The maximum Gasteiger partial charge on any atom is 0.223 e. The molecular formula is C20H19FN2O3. The Labute approximate surface area is 149 Å². The Bertz CT molecular complexity index is 941. The Hall–Kier alpha value is -2.73. The highest BCUT2D eigenvalue weighted by molar-refractivity contribution is 5.79. The summed E-state index contributed by atoms with van der Waals surface area (Å²) in [6.45, 7) is 0.0905. The third-order valence-corrected chi connectivity index (χ3v) is 5.00. The van der Waals surface area contributed by atoms with Crippen LogP contribution in [0.5, 0.6) is 0 Å². The second-order valence-corrected chi connectivity index (χ2v) is 6.75. The Morgan fingerprint density at radius 2 is 2.08 bits per heavy atom. The lowest BCUT2D eigenvalue weighted by Crippen LogP contribution is -2.31. The molecule has 0 bridgehead atoms. The van der Waals surface area contributed by atoms with E-state index >= 15 is 0 Å². The fourth-order valence-corrected chi connectivity index (χ4v) is 3.60. The quantitative estimate of drug-likeness (QED) is 0.754. The van der Waals surface area contributed by atoms with Crippen molar-refractivity contribution in [3.8, 4) is 0 Å². The first-order chi connectivity index (χ1) is 12.5. The topological polar surface area (TPSA) is 75.4 Å². The molecular weight excluding hydrogens is 335 g/mol. The number of oxazole rings is 1. The van der Waals surface area contributed by atoms with E-state index in [4.69, 9.17) is 4.42 Å². The fraction of sp³-hybridized carbons (Fsp3) is 0.300. The summed E-state index contributed by atoms with van der Waals surface area (Å²) in [6, 6.07) is 13.9. The number of carbonyl (C=O) groups is 1. The van der Waals surface area contributed by atoms with Crippen LogP contribution in [0.4, 0.5) is 4.39 Å². The zero-order chi connectivity index (χ0) is 18.1. The summed E-state index contributed by atoms with van der Waals surface area (Å²) < 4.78 is 19.1. The summed E-state index contributed by atoms with van der Waals surface area (Å²) in [7, 11) is 0. The maximum absolute atomic E-state index is 13.7. The molecule has 26 heavy (non-hydrogen) atoms. The number of carbonyl (C=O) groups excluding carboxylic acids is 1. The van der Waals surface area contributed by atoms with Crippen LogP contribution in [0.1, 0.15) is 30.7 Å². The van der Waals surface area contributed by atoms with Crippen molar-refractivity contribution >= 4 is 17.0 Å². The number of hydrogen-bond donors (Lipinski definition) is 2. The lowest BCUT2D eigenvalue weighted by Gasteiger charge is -2.23. The summed E-state index contributed by atoms with van der Waals surface area (Å²) in [6.07, 6.45) is 1.54. The molecule has 0 aliphatic heterocycles. The highest BCUT2D eigenvalue weighted by Crippen LogP contribution is 2.42. The van der Waals surface area contributed by atoms with E-state index in [1.807, 2.05) is 30.3 Å². The van der Waals surface area contributed by atoms with Gasteiger partial charge in [-0.3, -0.25) is 4.79 Å². The zero-order valence-corrected chi connectivity index (χ0v) is 14.1. The van der Waals surface area contributed by atoms with Gasteiger partial charge in [0, 0.05) is 5.92 Å². The molecule has 1 amide bonds. The number of amides is 1. The van der Waals surface area contributed by atoms with E-state index < -0.39 is 11.4 Å². The van der Waals surface area contributed by atoms with Crippen LogP contribution < -0.4 is 5.32 Å². The lowest BCUT2D eigenvalue weighted by atomic mass is 9.91. The van der Waals surface area contributed by atoms with Crippen LogP contribution in [-0.4, -0.2) is 16.0 Å². The van der Waals surface area contributed by atoms with Crippen LogP contribution in [0.3, 0.4) is 0 Å². The van der Waals surface area contributed by atoms with Gasteiger partial charge in [0.05, 0.1) is 12.1 Å².